The molecule has 1 saturated heterocycles. The van der Waals surface area contributed by atoms with Crippen molar-refractivity contribution in [3.63, 3.8) is 0 Å². The Bertz CT molecular complexity index is 737. The average Bonchev–Trinajstić information content (AvgIpc) is 2.91. The van der Waals surface area contributed by atoms with Crippen LogP contribution in [0.15, 0.2) is 11.1 Å². The molecule has 114 valence electrons. The van der Waals surface area contributed by atoms with Crippen LogP contribution in [0, 0.1) is 5.41 Å². The number of nitrogens with zero attached hydrogens (tertiary/aromatic N) is 3. The van der Waals surface area contributed by atoms with Gasteiger partial charge in [0, 0.05) is 5.41 Å². The van der Waals surface area contributed by atoms with E-state index in [-0.39, 0.29) is 23.7 Å². The van der Waals surface area contributed by atoms with Crippen LogP contribution in [0.1, 0.15) is 20.1 Å². The Balaban J connectivity index is 2.15. The summed E-state index contributed by atoms with van der Waals surface area (Å²) in [5, 5.41) is 19.5. The van der Waals surface area contributed by atoms with Crippen molar-refractivity contribution in [3.8, 4) is 0 Å². The smallest absolute Gasteiger partial charge is 0.280 e. The van der Waals surface area contributed by atoms with Gasteiger partial charge in [-0.2, -0.15) is 4.98 Å². The van der Waals surface area contributed by atoms with E-state index in [0.29, 0.717) is 0 Å². The van der Waals surface area contributed by atoms with Crippen molar-refractivity contribution < 1.29 is 14.9 Å². The molecule has 2 aromatic heterocycles. The van der Waals surface area contributed by atoms with E-state index in [1.165, 1.54) is 6.33 Å². The van der Waals surface area contributed by atoms with Gasteiger partial charge >= 0.3 is 0 Å². The molecule has 9 nitrogen and oxygen atoms in total. The van der Waals surface area contributed by atoms with E-state index in [1.54, 1.807) is 18.4 Å². The second-order valence-electron chi connectivity index (χ2n) is 5.75. The molecule has 0 bridgehead atoms. The molecule has 0 amide bonds. The van der Waals surface area contributed by atoms with Crippen LogP contribution in [-0.4, -0.2) is 48.5 Å². The van der Waals surface area contributed by atoms with Crippen molar-refractivity contribution in [1.29, 1.82) is 0 Å². The van der Waals surface area contributed by atoms with Crippen LogP contribution in [0.4, 0.5) is 5.95 Å². The highest BCUT2D eigenvalue weighted by molar-refractivity contribution is 5.70. The predicted octanol–water partition coefficient (Wildman–Crippen LogP) is -1.02. The number of imidazole rings is 1. The van der Waals surface area contributed by atoms with Gasteiger partial charge in [-0.05, 0) is 0 Å². The zero-order valence-corrected chi connectivity index (χ0v) is 11.6. The van der Waals surface area contributed by atoms with E-state index in [0.717, 1.165) is 0 Å². The number of rotatable bonds is 2. The summed E-state index contributed by atoms with van der Waals surface area (Å²) in [7, 11) is 0. The number of H-pyrrole nitrogens is 1. The Labute approximate surface area is 119 Å². The molecule has 21 heavy (non-hydrogen) atoms. The number of hydrogen-bond donors (Lipinski definition) is 4. The van der Waals surface area contributed by atoms with Gasteiger partial charge in [0.15, 0.2) is 11.2 Å². The van der Waals surface area contributed by atoms with Gasteiger partial charge in [-0.15, -0.1) is 0 Å². The SMILES string of the molecule is CC1(C)[C@H](O)[C@@H](CO)O[C@H]1n1cnc2c(=O)[nH]c(N)nc21. The Hall–Kier alpha value is -1.97. The molecule has 3 rings (SSSR count). The molecule has 9 heteroatoms. The van der Waals surface area contributed by atoms with E-state index < -0.39 is 29.4 Å². The molecule has 1 aliphatic heterocycles. The van der Waals surface area contributed by atoms with Gasteiger partial charge in [0.25, 0.3) is 5.56 Å². The van der Waals surface area contributed by atoms with Gasteiger partial charge in [-0.1, -0.05) is 13.8 Å². The molecular formula is C12H17N5O4. The zero-order chi connectivity index (χ0) is 15.4. The third-order valence-corrected chi connectivity index (χ3v) is 3.94. The van der Waals surface area contributed by atoms with Crippen molar-refractivity contribution in [3.05, 3.63) is 16.7 Å². The van der Waals surface area contributed by atoms with E-state index in [1.807, 2.05) is 0 Å². The van der Waals surface area contributed by atoms with Crippen molar-refractivity contribution >= 4 is 17.1 Å². The largest absolute Gasteiger partial charge is 0.394 e. The first-order chi connectivity index (χ1) is 9.86. The first-order valence-electron chi connectivity index (χ1n) is 6.53. The van der Waals surface area contributed by atoms with Crippen molar-refractivity contribution in [2.24, 2.45) is 5.41 Å². The fraction of sp³-hybridized carbons (Fsp3) is 0.583. The van der Waals surface area contributed by atoms with Crippen LogP contribution in [0.2, 0.25) is 0 Å². The molecule has 5 N–H and O–H groups in total. The van der Waals surface area contributed by atoms with E-state index in [9.17, 15) is 15.0 Å². The molecular weight excluding hydrogens is 278 g/mol. The highest BCUT2D eigenvalue weighted by Crippen LogP contribution is 2.45. The molecule has 3 heterocycles. The van der Waals surface area contributed by atoms with Crippen LogP contribution < -0.4 is 11.3 Å². The Morgan fingerprint density at radius 2 is 2.29 bits per heavy atom. The van der Waals surface area contributed by atoms with Crippen LogP contribution in [0.5, 0.6) is 0 Å². The van der Waals surface area contributed by atoms with Crippen LogP contribution in [-0.2, 0) is 4.74 Å². The van der Waals surface area contributed by atoms with Crippen LogP contribution in [0.25, 0.3) is 11.2 Å². The summed E-state index contributed by atoms with van der Waals surface area (Å²) in [6.45, 7) is 3.31. The molecule has 1 fully saturated rings. The topological polar surface area (TPSA) is 139 Å². The van der Waals surface area contributed by atoms with E-state index in [4.69, 9.17) is 10.5 Å². The van der Waals surface area contributed by atoms with Crippen molar-refractivity contribution in [2.75, 3.05) is 12.3 Å². The number of anilines is 1. The lowest BCUT2D eigenvalue weighted by molar-refractivity contribution is -0.0492. The highest BCUT2D eigenvalue weighted by atomic mass is 16.5. The molecule has 1 aliphatic rings. The monoisotopic (exact) mass is 295 g/mol. The summed E-state index contributed by atoms with van der Waals surface area (Å²) >= 11 is 0. The number of nitrogens with one attached hydrogen (secondary N) is 1. The third kappa shape index (κ3) is 1.93. The maximum absolute atomic E-state index is 11.8. The minimum atomic E-state index is -0.857. The molecule has 0 radical (unpaired) electrons. The van der Waals surface area contributed by atoms with Crippen LogP contribution >= 0.6 is 0 Å². The first-order valence-corrected chi connectivity index (χ1v) is 6.53. The molecule has 0 aliphatic carbocycles. The molecule has 3 atom stereocenters. The number of aromatic amines is 1. The Morgan fingerprint density at radius 1 is 1.57 bits per heavy atom. The number of aliphatic hydroxyl groups excluding tert-OH is 2. The van der Waals surface area contributed by atoms with Crippen molar-refractivity contribution in [2.45, 2.75) is 32.3 Å². The minimum Gasteiger partial charge on any atom is -0.394 e. The summed E-state index contributed by atoms with van der Waals surface area (Å²) in [6.07, 6.45) is -0.764. The molecule has 2 aromatic rings. The molecule has 0 unspecified atom stereocenters. The molecule has 0 aromatic carbocycles. The van der Waals surface area contributed by atoms with Gasteiger partial charge in [0.1, 0.15) is 12.3 Å². The van der Waals surface area contributed by atoms with Gasteiger partial charge in [0.2, 0.25) is 5.95 Å². The maximum atomic E-state index is 11.8. The average molecular weight is 295 g/mol. The summed E-state index contributed by atoms with van der Waals surface area (Å²) < 4.78 is 7.26. The van der Waals surface area contributed by atoms with E-state index in [2.05, 4.69) is 15.0 Å². The lowest BCUT2D eigenvalue weighted by Crippen LogP contribution is -2.35. The van der Waals surface area contributed by atoms with Crippen molar-refractivity contribution in [1.82, 2.24) is 19.5 Å². The number of nitrogens with two attached hydrogens (primary N) is 1. The fourth-order valence-electron chi connectivity index (χ4n) is 2.72. The fourth-order valence-corrected chi connectivity index (χ4v) is 2.72. The Morgan fingerprint density at radius 3 is 2.90 bits per heavy atom. The third-order valence-electron chi connectivity index (χ3n) is 3.94. The molecule has 0 spiro atoms. The van der Waals surface area contributed by atoms with Crippen LogP contribution in [0.3, 0.4) is 0 Å². The van der Waals surface area contributed by atoms with Gasteiger partial charge < -0.3 is 20.7 Å². The summed E-state index contributed by atoms with van der Waals surface area (Å²) in [5.74, 6) is -0.0238. The first kappa shape index (κ1) is 14.0. The quantitative estimate of drug-likeness (QED) is 0.556. The van der Waals surface area contributed by atoms with E-state index >= 15 is 0 Å². The zero-order valence-electron chi connectivity index (χ0n) is 11.6. The number of aromatic nitrogens is 4. The lowest BCUT2D eigenvalue weighted by atomic mass is 9.84. The number of hydrogen-bond acceptors (Lipinski definition) is 7. The Kier molecular flexibility index (Phi) is 3.01. The number of ether oxygens (including phenoxy) is 1. The standard InChI is InChI=1S/C12H17N5O4/c1-12(2)7(19)5(3-18)21-10(12)17-4-14-6-8(17)15-11(13)16-9(6)20/h4-5,7,10,18-19H,3H2,1-2H3,(H3,13,15,16,20)/t5-,7-,10-/m1/s1. The van der Waals surface area contributed by atoms with Gasteiger partial charge in [0.05, 0.1) is 19.0 Å². The second-order valence-corrected chi connectivity index (χ2v) is 5.75. The summed E-state index contributed by atoms with van der Waals surface area (Å²) in [6, 6.07) is 0. The summed E-state index contributed by atoms with van der Waals surface area (Å²) in [5.41, 5.74) is 4.85. The lowest BCUT2D eigenvalue weighted by Gasteiger charge is -2.28. The second kappa shape index (κ2) is 4.52. The minimum absolute atomic E-state index is 0.0238. The normalized spacial score (nSPS) is 28.3. The highest BCUT2D eigenvalue weighted by Gasteiger charge is 2.51. The van der Waals surface area contributed by atoms with Gasteiger partial charge in [-0.25, -0.2) is 4.98 Å². The summed E-state index contributed by atoms with van der Waals surface area (Å²) in [4.78, 5) is 22.3. The molecule has 0 saturated carbocycles. The van der Waals surface area contributed by atoms with Gasteiger partial charge in [-0.3, -0.25) is 14.3 Å². The maximum Gasteiger partial charge on any atom is 0.280 e. The number of fused-ring (bicyclic) bond motifs is 1. The number of nitrogen functional groups attached to an aromatic ring is 1. The number of aliphatic hydroxyl groups is 2. The predicted molar refractivity (Wildman–Crippen MR) is 73.3 cm³/mol.